The van der Waals surface area contributed by atoms with Crippen molar-refractivity contribution in [3.63, 3.8) is 0 Å². The van der Waals surface area contributed by atoms with Gasteiger partial charge in [-0.1, -0.05) is 12.8 Å². The van der Waals surface area contributed by atoms with Gasteiger partial charge >= 0.3 is 6.18 Å². The first kappa shape index (κ1) is 15.1. The van der Waals surface area contributed by atoms with E-state index in [4.69, 9.17) is 11.6 Å². The number of nitrogens with one attached hydrogen (secondary N) is 1. The van der Waals surface area contributed by atoms with Crippen molar-refractivity contribution in [3.05, 3.63) is 0 Å². The Morgan fingerprint density at radius 3 is 2.35 bits per heavy atom. The Hall–Kier alpha value is 0.0400. The Balaban J connectivity index is 2.08. The van der Waals surface area contributed by atoms with Crippen LogP contribution in [0.4, 0.5) is 13.2 Å². The van der Waals surface area contributed by atoms with Crippen LogP contribution in [0.3, 0.4) is 0 Å². The van der Waals surface area contributed by atoms with E-state index in [0.29, 0.717) is 24.3 Å². The summed E-state index contributed by atoms with van der Waals surface area (Å²) in [4.78, 5) is 0. The summed E-state index contributed by atoms with van der Waals surface area (Å²) >= 11 is 5.90. The summed E-state index contributed by atoms with van der Waals surface area (Å²) in [6.45, 7) is 1.26. The fourth-order valence-corrected chi connectivity index (χ4v) is 2.86. The largest absolute Gasteiger partial charge is 0.389 e. The second-order valence-electron chi connectivity index (χ2n) is 4.88. The van der Waals surface area contributed by atoms with Crippen molar-refractivity contribution < 1.29 is 13.2 Å². The third kappa shape index (κ3) is 6.51. The summed E-state index contributed by atoms with van der Waals surface area (Å²) in [6, 6.07) is 0. The van der Waals surface area contributed by atoms with Gasteiger partial charge in [-0.05, 0) is 44.2 Å². The maximum absolute atomic E-state index is 11.9. The number of hydrogen-bond donors (Lipinski definition) is 1. The molecule has 0 bridgehead atoms. The van der Waals surface area contributed by atoms with Gasteiger partial charge in [-0.25, -0.2) is 0 Å². The normalized spacial score (nSPS) is 26.1. The van der Waals surface area contributed by atoms with Crippen molar-refractivity contribution in [3.8, 4) is 0 Å². The molecule has 0 spiro atoms. The van der Waals surface area contributed by atoms with Crippen LogP contribution in [0.15, 0.2) is 0 Å². The lowest BCUT2D eigenvalue weighted by molar-refractivity contribution is -0.135. The molecule has 1 N–H and O–H groups in total. The highest BCUT2D eigenvalue weighted by molar-refractivity contribution is 6.18. The van der Waals surface area contributed by atoms with Gasteiger partial charge in [-0.15, -0.1) is 11.6 Å². The molecule has 1 nitrogen and oxygen atoms in total. The molecule has 1 saturated carbocycles. The van der Waals surface area contributed by atoms with Crippen molar-refractivity contribution in [2.75, 3.05) is 19.0 Å². The number of hydrogen-bond acceptors (Lipinski definition) is 1. The summed E-state index contributed by atoms with van der Waals surface area (Å²) in [5, 5.41) is 3.13. The zero-order valence-corrected chi connectivity index (χ0v) is 10.8. The quantitative estimate of drug-likeness (QED) is 0.569. The fourth-order valence-electron chi connectivity index (χ4n) is 2.46. The zero-order chi connectivity index (χ0) is 12.7. The molecule has 0 radical (unpaired) electrons. The van der Waals surface area contributed by atoms with Crippen molar-refractivity contribution in [1.29, 1.82) is 0 Å². The summed E-state index contributed by atoms with van der Waals surface area (Å²) in [7, 11) is 0. The Labute approximate surface area is 106 Å². The molecule has 1 aliphatic carbocycles. The molecule has 0 saturated heterocycles. The van der Waals surface area contributed by atoms with Crippen LogP contribution in [0.1, 0.15) is 38.5 Å². The molecular formula is C12H21ClF3N. The van der Waals surface area contributed by atoms with Gasteiger partial charge < -0.3 is 5.32 Å². The molecular weight excluding hydrogens is 251 g/mol. The molecule has 0 heterocycles. The predicted octanol–water partition coefficient (Wildman–Crippen LogP) is 3.96. The molecule has 0 aromatic carbocycles. The van der Waals surface area contributed by atoms with Crippen LogP contribution >= 0.6 is 11.6 Å². The highest BCUT2D eigenvalue weighted by atomic mass is 35.5. The molecule has 0 aromatic heterocycles. The summed E-state index contributed by atoms with van der Waals surface area (Å²) in [6.07, 6.45) is 0.239. The SMILES string of the molecule is FC(F)(F)CCCNCC1CCCCC1CCl. The van der Waals surface area contributed by atoms with E-state index < -0.39 is 12.6 Å². The monoisotopic (exact) mass is 271 g/mol. The second-order valence-corrected chi connectivity index (χ2v) is 5.19. The van der Waals surface area contributed by atoms with Crippen molar-refractivity contribution in [2.45, 2.75) is 44.7 Å². The van der Waals surface area contributed by atoms with Gasteiger partial charge in [0.2, 0.25) is 0 Å². The van der Waals surface area contributed by atoms with Gasteiger partial charge in [0.05, 0.1) is 0 Å². The number of alkyl halides is 4. The average molecular weight is 272 g/mol. The summed E-state index contributed by atoms with van der Waals surface area (Å²) in [5.74, 6) is 1.77. The lowest BCUT2D eigenvalue weighted by Gasteiger charge is -2.30. The van der Waals surface area contributed by atoms with Gasteiger partial charge in [0.15, 0.2) is 0 Å². The lowest BCUT2D eigenvalue weighted by atomic mass is 9.80. The fraction of sp³-hybridized carbons (Fsp3) is 1.00. The molecule has 5 heteroatoms. The first-order valence-corrected chi connectivity index (χ1v) is 6.90. The molecule has 1 aliphatic rings. The highest BCUT2D eigenvalue weighted by Gasteiger charge is 2.26. The molecule has 2 unspecified atom stereocenters. The van der Waals surface area contributed by atoms with Crippen molar-refractivity contribution in [1.82, 2.24) is 5.32 Å². The minimum Gasteiger partial charge on any atom is -0.316 e. The van der Waals surface area contributed by atoms with E-state index in [0.717, 1.165) is 13.0 Å². The topological polar surface area (TPSA) is 12.0 Å². The first-order chi connectivity index (χ1) is 8.03. The number of halogens is 4. The van der Waals surface area contributed by atoms with E-state index in [-0.39, 0.29) is 6.42 Å². The van der Waals surface area contributed by atoms with E-state index in [9.17, 15) is 13.2 Å². The smallest absolute Gasteiger partial charge is 0.316 e. The second kappa shape index (κ2) is 7.47. The summed E-state index contributed by atoms with van der Waals surface area (Å²) in [5.41, 5.74) is 0. The van der Waals surface area contributed by atoms with Gasteiger partial charge in [-0.2, -0.15) is 13.2 Å². The first-order valence-electron chi connectivity index (χ1n) is 6.36. The molecule has 0 amide bonds. The Bertz CT molecular complexity index is 208. The number of rotatable bonds is 6. The minimum atomic E-state index is -4.02. The molecule has 0 aromatic rings. The van der Waals surface area contributed by atoms with Crippen LogP contribution in [0.5, 0.6) is 0 Å². The van der Waals surface area contributed by atoms with Gasteiger partial charge in [0.1, 0.15) is 0 Å². The Morgan fingerprint density at radius 1 is 1.12 bits per heavy atom. The van der Waals surface area contributed by atoms with Crippen molar-refractivity contribution in [2.24, 2.45) is 11.8 Å². The van der Waals surface area contributed by atoms with E-state index in [2.05, 4.69) is 5.32 Å². The highest BCUT2D eigenvalue weighted by Crippen LogP contribution is 2.30. The standard InChI is InChI=1S/C12H21ClF3N/c13-8-10-4-1-2-5-11(10)9-17-7-3-6-12(14,15)16/h10-11,17H,1-9H2. The molecule has 1 rings (SSSR count). The third-order valence-corrected chi connectivity index (χ3v) is 3.88. The van der Waals surface area contributed by atoms with Crippen molar-refractivity contribution >= 4 is 11.6 Å². The van der Waals surface area contributed by atoms with Crippen LogP contribution in [0.2, 0.25) is 0 Å². The third-order valence-electron chi connectivity index (χ3n) is 3.49. The molecule has 17 heavy (non-hydrogen) atoms. The minimum absolute atomic E-state index is 0.168. The van der Waals surface area contributed by atoms with Crippen LogP contribution in [0.25, 0.3) is 0 Å². The van der Waals surface area contributed by atoms with Gasteiger partial charge in [0.25, 0.3) is 0 Å². The molecule has 2 atom stereocenters. The molecule has 1 fully saturated rings. The van der Waals surface area contributed by atoms with Crippen LogP contribution in [0, 0.1) is 11.8 Å². The zero-order valence-electron chi connectivity index (χ0n) is 10.0. The van der Waals surface area contributed by atoms with Crippen LogP contribution < -0.4 is 5.32 Å². The Morgan fingerprint density at radius 2 is 1.76 bits per heavy atom. The van der Waals surface area contributed by atoms with Gasteiger partial charge in [0, 0.05) is 12.3 Å². The summed E-state index contributed by atoms with van der Waals surface area (Å²) < 4.78 is 35.7. The Kier molecular flexibility index (Phi) is 6.63. The van der Waals surface area contributed by atoms with E-state index in [1.165, 1.54) is 19.3 Å². The van der Waals surface area contributed by atoms with Crippen LogP contribution in [-0.2, 0) is 0 Å². The van der Waals surface area contributed by atoms with Crippen LogP contribution in [-0.4, -0.2) is 25.1 Å². The van der Waals surface area contributed by atoms with Gasteiger partial charge in [-0.3, -0.25) is 0 Å². The van der Waals surface area contributed by atoms with E-state index in [1.807, 2.05) is 0 Å². The maximum Gasteiger partial charge on any atom is 0.389 e. The lowest BCUT2D eigenvalue weighted by Crippen LogP contribution is -2.32. The molecule has 0 aliphatic heterocycles. The maximum atomic E-state index is 11.9. The average Bonchev–Trinajstić information content (AvgIpc) is 2.27. The van der Waals surface area contributed by atoms with E-state index >= 15 is 0 Å². The predicted molar refractivity (Wildman–Crippen MR) is 64.3 cm³/mol. The van der Waals surface area contributed by atoms with E-state index in [1.54, 1.807) is 0 Å². The molecule has 102 valence electrons.